The number of rotatable bonds is 11. The Morgan fingerprint density at radius 2 is 1.72 bits per heavy atom. The number of primary sulfonamides is 1. The smallest absolute Gasteiger partial charge is 0.257 e. The molecule has 11 heteroatoms. The largest absolute Gasteiger partial charge is 0.494 e. The van der Waals surface area contributed by atoms with Gasteiger partial charge < -0.3 is 20.3 Å². The highest BCUT2D eigenvalue weighted by molar-refractivity contribution is 7.89. The van der Waals surface area contributed by atoms with Crippen LogP contribution in [0, 0.1) is 0 Å². The van der Waals surface area contributed by atoms with E-state index in [9.17, 15) is 18.0 Å². The van der Waals surface area contributed by atoms with Gasteiger partial charge in [0.15, 0.2) is 10.7 Å². The third-order valence-electron chi connectivity index (χ3n) is 6.46. The van der Waals surface area contributed by atoms with Crippen molar-refractivity contribution in [1.29, 1.82) is 0 Å². The van der Waals surface area contributed by atoms with E-state index in [-0.39, 0.29) is 28.2 Å². The predicted octanol–water partition coefficient (Wildman–Crippen LogP) is 3.31. The van der Waals surface area contributed by atoms with E-state index >= 15 is 0 Å². The summed E-state index contributed by atoms with van der Waals surface area (Å²) >= 11 is 5.54. The number of amides is 2. The van der Waals surface area contributed by atoms with Gasteiger partial charge in [0, 0.05) is 12.2 Å². The standard InChI is InChI=1S/C28H30N4O5S2/c1-2-18-37-23-12-10-22(11-13-23)30-25(33)19-28(21-6-4-3-5-7-21)26(34)31-27(38)32(28)17-16-20-8-14-24(15-9-20)39(29,35)36/h3-15H,2,16-19H2,1H3,(H,30,33)(H2,29,35,36)(H,31,34,38). The fraction of sp³-hybridized carbons (Fsp3) is 0.250. The zero-order valence-corrected chi connectivity index (χ0v) is 23.1. The molecule has 3 aromatic rings. The first-order valence-corrected chi connectivity index (χ1v) is 14.4. The molecule has 3 aromatic carbocycles. The van der Waals surface area contributed by atoms with Crippen molar-refractivity contribution in [1.82, 2.24) is 10.2 Å². The van der Waals surface area contributed by atoms with Crippen molar-refractivity contribution in [3.63, 3.8) is 0 Å². The van der Waals surface area contributed by atoms with Crippen LogP contribution in [0.15, 0.2) is 83.8 Å². The maximum absolute atomic E-state index is 13.5. The summed E-state index contributed by atoms with van der Waals surface area (Å²) in [5.41, 5.74) is 0.661. The molecule has 0 bridgehead atoms. The van der Waals surface area contributed by atoms with Crippen LogP contribution < -0.4 is 20.5 Å². The number of hydrogen-bond donors (Lipinski definition) is 3. The van der Waals surface area contributed by atoms with E-state index in [1.54, 1.807) is 53.4 Å². The Bertz CT molecular complexity index is 1450. The number of carbonyl (C=O) groups excluding carboxylic acids is 2. The lowest BCUT2D eigenvalue weighted by molar-refractivity contribution is -0.131. The second-order valence-corrected chi connectivity index (χ2v) is 11.1. The van der Waals surface area contributed by atoms with Crippen LogP contribution in [0.3, 0.4) is 0 Å². The van der Waals surface area contributed by atoms with Gasteiger partial charge in [-0.15, -0.1) is 0 Å². The van der Waals surface area contributed by atoms with E-state index in [0.717, 1.165) is 12.0 Å². The minimum absolute atomic E-state index is 0.0139. The molecule has 39 heavy (non-hydrogen) atoms. The van der Waals surface area contributed by atoms with Gasteiger partial charge in [0.1, 0.15) is 5.75 Å². The van der Waals surface area contributed by atoms with Gasteiger partial charge in [-0.2, -0.15) is 0 Å². The molecule has 4 N–H and O–H groups in total. The summed E-state index contributed by atoms with van der Waals surface area (Å²) in [5.74, 6) is -0.0374. The highest BCUT2D eigenvalue weighted by atomic mass is 32.2. The molecule has 1 atom stereocenters. The number of benzene rings is 3. The highest BCUT2D eigenvalue weighted by Gasteiger charge is 2.53. The van der Waals surface area contributed by atoms with Gasteiger partial charge >= 0.3 is 0 Å². The van der Waals surface area contributed by atoms with Crippen LogP contribution in [-0.2, 0) is 31.6 Å². The number of hydrogen-bond acceptors (Lipinski definition) is 6. The Morgan fingerprint density at radius 1 is 1.05 bits per heavy atom. The Morgan fingerprint density at radius 3 is 2.33 bits per heavy atom. The first-order chi connectivity index (χ1) is 18.6. The number of nitrogens with one attached hydrogen (secondary N) is 2. The maximum Gasteiger partial charge on any atom is 0.257 e. The predicted molar refractivity (Wildman–Crippen MR) is 153 cm³/mol. The minimum atomic E-state index is -3.80. The third kappa shape index (κ3) is 6.44. The maximum atomic E-state index is 13.5. The fourth-order valence-electron chi connectivity index (χ4n) is 4.51. The van der Waals surface area contributed by atoms with Crippen molar-refractivity contribution >= 4 is 44.9 Å². The van der Waals surface area contributed by atoms with Gasteiger partial charge in [-0.3, -0.25) is 9.59 Å². The second kappa shape index (κ2) is 11.9. The third-order valence-corrected chi connectivity index (χ3v) is 7.71. The molecule has 0 spiro atoms. The summed E-state index contributed by atoms with van der Waals surface area (Å²) < 4.78 is 28.8. The summed E-state index contributed by atoms with van der Waals surface area (Å²) in [4.78, 5) is 28.6. The average molecular weight is 567 g/mol. The number of carbonyl (C=O) groups is 2. The lowest BCUT2D eigenvalue weighted by Gasteiger charge is -2.36. The van der Waals surface area contributed by atoms with Crippen LogP contribution in [0.4, 0.5) is 5.69 Å². The SMILES string of the molecule is CCCOc1ccc(NC(=O)CC2(c3ccccc3)C(=O)NC(=S)N2CCc2ccc(S(N)(=O)=O)cc2)cc1. The highest BCUT2D eigenvalue weighted by Crippen LogP contribution is 2.37. The van der Waals surface area contributed by atoms with Crippen LogP contribution in [0.5, 0.6) is 5.75 Å². The van der Waals surface area contributed by atoms with Crippen molar-refractivity contribution < 1.29 is 22.7 Å². The van der Waals surface area contributed by atoms with Crippen LogP contribution in [0.25, 0.3) is 0 Å². The van der Waals surface area contributed by atoms with Gasteiger partial charge in [0.05, 0.1) is 17.9 Å². The molecule has 0 aliphatic carbocycles. The Hall–Kier alpha value is -3.80. The van der Waals surface area contributed by atoms with Gasteiger partial charge in [-0.05, 0) is 72.6 Å². The summed E-state index contributed by atoms with van der Waals surface area (Å²) in [5, 5.41) is 11.0. The van der Waals surface area contributed by atoms with Crippen molar-refractivity contribution in [2.24, 2.45) is 5.14 Å². The summed E-state index contributed by atoms with van der Waals surface area (Å²) in [6, 6.07) is 22.3. The molecule has 1 aliphatic rings. The van der Waals surface area contributed by atoms with E-state index in [1.165, 1.54) is 12.1 Å². The second-order valence-electron chi connectivity index (χ2n) is 9.17. The van der Waals surface area contributed by atoms with Gasteiger partial charge in [-0.25, -0.2) is 13.6 Å². The summed E-state index contributed by atoms with van der Waals surface area (Å²) in [7, 11) is -3.80. The Labute approximate surface area is 233 Å². The fourth-order valence-corrected chi connectivity index (χ4v) is 5.37. The molecule has 0 saturated carbocycles. The molecule has 0 aromatic heterocycles. The van der Waals surface area contributed by atoms with Crippen LogP contribution in [0.2, 0.25) is 0 Å². The van der Waals surface area contributed by atoms with E-state index in [2.05, 4.69) is 10.6 Å². The summed E-state index contributed by atoms with van der Waals surface area (Å²) in [6.45, 7) is 2.93. The van der Waals surface area contributed by atoms with E-state index in [4.69, 9.17) is 22.1 Å². The first kappa shape index (κ1) is 28.2. The number of anilines is 1. The molecule has 2 amide bonds. The number of nitrogens with two attached hydrogens (primary N) is 1. The molecule has 1 aliphatic heterocycles. The lowest BCUT2D eigenvalue weighted by atomic mass is 9.84. The Balaban J connectivity index is 1.58. The zero-order chi connectivity index (χ0) is 28.0. The van der Waals surface area contributed by atoms with Crippen LogP contribution >= 0.6 is 12.2 Å². The van der Waals surface area contributed by atoms with E-state index in [1.807, 2.05) is 25.1 Å². The van der Waals surface area contributed by atoms with Gasteiger partial charge in [-0.1, -0.05) is 49.4 Å². The molecular weight excluding hydrogens is 536 g/mol. The number of ether oxygens (including phenoxy) is 1. The van der Waals surface area contributed by atoms with Crippen LogP contribution in [-0.4, -0.2) is 43.4 Å². The Kier molecular flexibility index (Phi) is 8.63. The summed E-state index contributed by atoms with van der Waals surface area (Å²) in [6.07, 6.45) is 1.15. The number of nitrogens with zero attached hydrogens (tertiary/aromatic N) is 1. The molecule has 1 unspecified atom stereocenters. The topological polar surface area (TPSA) is 131 Å². The van der Waals surface area contributed by atoms with Gasteiger partial charge in [0.2, 0.25) is 15.9 Å². The van der Waals surface area contributed by atoms with Crippen molar-refractivity contribution in [2.75, 3.05) is 18.5 Å². The number of sulfonamides is 1. The monoisotopic (exact) mass is 566 g/mol. The van der Waals surface area contributed by atoms with Crippen molar-refractivity contribution in [3.8, 4) is 5.75 Å². The van der Waals surface area contributed by atoms with Crippen molar-refractivity contribution in [3.05, 3.63) is 90.0 Å². The molecule has 4 rings (SSSR count). The zero-order valence-electron chi connectivity index (χ0n) is 21.4. The lowest BCUT2D eigenvalue weighted by Crippen LogP contribution is -2.50. The molecule has 1 fully saturated rings. The quantitative estimate of drug-likeness (QED) is 0.304. The molecule has 204 valence electrons. The molecule has 0 radical (unpaired) electrons. The van der Waals surface area contributed by atoms with Crippen LogP contribution in [0.1, 0.15) is 30.9 Å². The average Bonchev–Trinajstić information content (AvgIpc) is 3.15. The molecule has 1 saturated heterocycles. The molecule has 1 heterocycles. The first-order valence-electron chi connectivity index (χ1n) is 12.5. The minimum Gasteiger partial charge on any atom is -0.494 e. The van der Waals surface area contributed by atoms with E-state index < -0.39 is 15.6 Å². The molecule has 9 nitrogen and oxygen atoms in total. The number of thiocarbonyl (C=S) groups is 1. The van der Waals surface area contributed by atoms with Crippen molar-refractivity contribution in [2.45, 2.75) is 36.6 Å². The normalized spacial score (nSPS) is 17.1. The van der Waals surface area contributed by atoms with E-state index in [0.29, 0.717) is 36.6 Å². The molecular formula is C28H30N4O5S2. The van der Waals surface area contributed by atoms with Gasteiger partial charge in [0.25, 0.3) is 5.91 Å².